The van der Waals surface area contributed by atoms with Gasteiger partial charge in [0.25, 0.3) is 0 Å². The molecule has 0 saturated heterocycles. The Balaban J connectivity index is 1.72. The Morgan fingerprint density at radius 1 is 1.16 bits per heavy atom. The highest BCUT2D eigenvalue weighted by molar-refractivity contribution is 5.82. The molecular weight excluding hydrogens is 244 g/mol. The van der Waals surface area contributed by atoms with Gasteiger partial charge in [-0.25, -0.2) is 4.98 Å². The summed E-state index contributed by atoms with van der Waals surface area (Å²) in [7, 11) is 0. The SMILES string of the molecule is O=C(CCC(=O)n1ccnc1)OCc1ccccc1. The van der Waals surface area contributed by atoms with Crippen molar-refractivity contribution in [2.24, 2.45) is 0 Å². The number of ether oxygens (including phenoxy) is 1. The van der Waals surface area contributed by atoms with Crippen LogP contribution < -0.4 is 0 Å². The maximum atomic E-state index is 11.6. The standard InChI is InChI=1S/C14H14N2O3/c17-13(16-9-8-15-11-16)6-7-14(18)19-10-12-4-2-1-3-5-12/h1-5,8-9,11H,6-7,10H2. The van der Waals surface area contributed by atoms with Gasteiger partial charge < -0.3 is 4.74 Å². The van der Waals surface area contributed by atoms with Crippen molar-refractivity contribution in [3.8, 4) is 0 Å². The van der Waals surface area contributed by atoms with Crippen molar-refractivity contribution < 1.29 is 14.3 Å². The number of benzene rings is 1. The van der Waals surface area contributed by atoms with Crippen LogP contribution in [0.5, 0.6) is 0 Å². The van der Waals surface area contributed by atoms with Crippen LogP contribution >= 0.6 is 0 Å². The summed E-state index contributed by atoms with van der Waals surface area (Å²) in [5.74, 6) is -0.550. The minimum absolute atomic E-state index is 0.0733. The first-order chi connectivity index (χ1) is 9.25. The number of hydrogen-bond acceptors (Lipinski definition) is 4. The van der Waals surface area contributed by atoms with Gasteiger partial charge in [-0.1, -0.05) is 30.3 Å². The molecule has 0 atom stereocenters. The Kier molecular flexibility index (Phi) is 4.44. The number of rotatable bonds is 5. The molecule has 0 bridgehead atoms. The van der Waals surface area contributed by atoms with Gasteiger partial charge in [0.2, 0.25) is 5.91 Å². The Morgan fingerprint density at radius 3 is 2.63 bits per heavy atom. The van der Waals surface area contributed by atoms with Crippen LogP contribution in [0, 0.1) is 0 Å². The van der Waals surface area contributed by atoms with Gasteiger partial charge in [-0.05, 0) is 5.56 Å². The molecule has 0 aliphatic heterocycles. The molecule has 2 rings (SSSR count). The summed E-state index contributed by atoms with van der Waals surface area (Å²) in [6.45, 7) is 0.235. The van der Waals surface area contributed by atoms with Crippen LogP contribution in [0.25, 0.3) is 0 Å². The van der Waals surface area contributed by atoms with Crippen molar-refractivity contribution in [3.05, 3.63) is 54.6 Å². The second-order valence-electron chi connectivity index (χ2n) is 4.01. The van der Waals surface area contributed by atoms with Crippen LogP contribution in [0.2, 0.25) is 0 Å². The second kappa shape index (κ2) is 6.49. The molecule has 0 fully saturated rings. The number of esters is 1. The van der Waals surface area contributed by atoms with Crippen molar-refractivity contribution >= 4 is 11.9 Å². The Labute approximate surface area is 110 Å². The first kappa shape index (κ1) is 13.0. The Hall–Kier alpha value is -2.43. The molecule has 1 heterocycles. The van der Waals surface area contributed by atoms with Gasteiger partial charge in [-0.2, -0.15) is 0 Å². The topological polar surface area (TPSA) is 61.2 Å². The third-order valence-corrected chi connectivity index (χ3v) is 2.58. The molecule has 5 nitrogen and oxygen atoms in total. The lowest BCUT2D eigenvalue weighted by atomic mass is 10.2. The summed E-state index contributed by atoms with van der Waals surface area (Å²) >= 11 is 0. The fraction of sp³-hybridized carbons (Fsp3) is 0.214. The van der Waals surface area contributed by atoms with Gasteiger partial charge >= 0.3 is 5.97 Å². The van der Waals surface area contributed by atoms with Crippen molar-refractivity contribution in [2.45, 2.75) is 19.4 Å². The van der Waals surface area contributed by atoms with Crippen LogP contribution in [0.1, 0.15) is 23.2 Å². The zero-order valence-corrected chi connectivity index (χ0v) is 10.4. The van der Waals surface area contributed by atoms with Crippen LogP contribution in [-0.2, 0) is 16.1 Å². The van der Waals surface area contributed by atoms with Crippen molar-refractivity contribution in [3.63, 3.8) is 0 Å². The average molecular weight is 258 g/mol. The predicted octanol–water partition coefficient (Wildman–Crippen LogP) is 2.05. The third kappa shape index (κ3) is 4.06. The highest BCUT2D eigenvalue weighted by Gasteiger charge is 2.09. The van der Waals surface area contributed by atoms with Gasteiger partial charge in [0, 0.05) is 18.8 Å². The highest BCUT2D eigenvalue weighted by Crippen LogP contribution is 2.03. The molecule has 0 unspecified atom stereocenters. The van der Waals surface area contributed by atoms with Gasteiger partial charge in [-0.15, -0.1) is 0 Å². The van der Waals surface area contributed by atoms with Crippen LogP contribution in [0.15, 0.2) is 49.1 Å². The van der Waals surface area contributed by atoms with E-state index in [4.69, 9.17) is 4.74 Å². The fourth-order valence-corrected chi connectivity index (χ4v) is 1.55. The third-order valence-electron chi connectivity index (χ3n) is 2.58. The first-order valence-corrected chi connectivity index (χ1v) is 5.96. The number of aromatic nitrogens is 2. The normalized spacial score (nSPS) is 10.1. The quantitative estimate of drug-likeness (QED) is 0.770. The Morgan fingerprint density at radius 2 is 1.95 bits per heavy atom. The average Bonchev–Trinajstić information content (AvgIpc) is 2.98. The van der Waals surface area contributed by atoms with E-state index in [1.807, 2.05) is 30.3 Å². The van der Waals surface area contributed by atoms with Crippen molar-refractivity contribution in [1.29, 1.82) is 0 Å². The van der Waals surface area contributed by atoms with E-state index >= 15 is 0 Å². The van der Waals surface area contributed by atoms with Crippen LogP contribution in [0.3, 0.4) is 0 Å². The summed E-state index contributed by atoms with van der Waals surface area (Å²) in [5.41, 5.74) is 0.928. The number of imidazole rings is 1. The van der Waals surface area contributed by atoms with Crippen LogP contribution in [0.4, 0.5) is 0 Å². The van der Waals surface area contributed by atoms with E-state index in [9.17, 15) is 9.59 Å². The molecule has 0 spiro atoms. The lowest BCUT2D eigenvalue weighted by molar-refractivity contribution is -0.144. The Bertz CT molecular complexity index is 535. The molecule has 0 aliphatic rings. The lowest BCUT2D eigenvalue weighted by Gasteiger charge is -2.04. The lowest BCUT2D eigenvalue weighted by Crippen LogP contribution is -2.12. The maximum Gasteiger partial charge on any atom is 0.306 e. The predicted molar refractivity (Wildman–Crippen MR) is 68.3 cm³/mol. The molecule has 98 valence electrons. The molecule has 0 amide bonds. The molecule has 0 aliphatic carbocycles. The van der Waals surface area contributed by atoms with Gasteiger partial charge in [0.1, 0.15) is 12.9 Å². The van der Waals surface area contributed by atoms with E-state index < -0.39 is 0 Å². The number of nitrogens with zero attached hydrogens (tertiary/aromatic N) is 2. The monoisotopic (exact) mass is 258 g/mol. The highest BCUT2D eigenvalue weighted by atomic mass is 16.5. The van der Waals surface area contributed by atoms with Crippen LogP contribution in [-0.4, -0.2) is 21.4 Å². The summed E-state index contributed by atoms with van der Waals surface area (Å²) in [5, 5.41) is 0. The van der Waals surface area contributed by atoms with E-state index in [1.54, 1.807) is 6.20 Å². The summed E-state index contributed by atoms with van der Waals surface area (Å²) in [6, 6.07) is 9.42. The molecule has 1 aromatic heterocycles. The summed E-state index contributed by atoms with van der Waals surface area (Å²) in [6.07, 6.45) is 4.68. The van der Waals surface area contributed by atoms with E-state index in [1.165, 1.54) is 17.1 Å². The molecule has 5 heteroatoms. The molecule has 0 N–H and O–H groups in total. The van der Waals surface area contributed by atoms with E-state index in [0.717, 1.165) is 5.56 Å². The smallest absolute Gasteiger partial charge is 0.306 e. The molecule has 19 heavy (non-hydrogen) atoms. The number of carbonyl (C=O) groups excluding carboxylic acids is 2. The van der Waals surface area contributed by atoms with Gasteiger partial charge in [0.05, 0.1) is 6.42 Å². The number of carbonyl (C=O) groups is 2. The maximum absolute atomic E-state index is 11.6. The minimum Gasteiger partial charge on any atom is -0.461 e. The summed E-state index contributed by atoms with van der Waals surface area (Å²) < 4.78 is 6.43. The molecule has 0 saturated carbocycles. The van der Waals surface area contributed by atoms with E-state index in [-0.39, 0.29) is 31.3 Å². The fourth-order valence-electron chi connectivity index (χ4n) is 1.55. The second-order valence-corrected chi connectivity index (χ2v) is 4.01. The molecule has 1 aromatic carbocycles. The molecular formula is C14H14N2O3. The first-order valence-electron chi connectivity index (χ1n) is 5.96. The van der Waals surface area contributed by atoms with E-state index in [0.29, 0.717) is 0 Å². The van der Waals surface area contributed by atoms with Crippen molar-refractivity contribution in [1.82, 2.24) is 9.55 Å². The minimum atomic E-state index is -0.377. The molecule has 0 radical (unpaired) electrons. The zero-order chi connectivity index (χ0) is 13.5. The largest absolute Gasteiger partial charge is 0.461 e. The van der Waals surface area contributed by atoms with E-state index in [2.05, 4.69) is 4.98 Å². The zero-order valence-electron chi connectivity index (χ0n) is 10.4. The van der Waals surface area contributed by atoms with Crippen molar-refractivity contribution in [2.75, 3.05) is 0 Å². The van der Waals surface area contributed by atoms with Gasteiger partial charge in [-0.3, -0.25) is 14.2 Å². The number of hydrogen-bond donors (Lipinski definition) is 0. The van der Waals surface area contributed by atoms with Gasteiger partial charge in [0.15, 0.2) is 0 Å². The summed E-state index contributed by atoms with van der Waals surface area (Å²) in [4.78, 5) is 26.9. The molecule has 2 aromatic rings.